The third-order valence-corrected chi connectivity index (χ3v) is 9.61. The molecule has 0 amide bonds. The maximum absolute atomic E-state index is 6.20. The standard InChI is InChI=1S/C35H24N4S2/c36-34-33(41-34)29-19-23(12-14-37-29)32-26-9-5-4-8-25(26)31(24-13-15-38-30(20-24)35-39-16-17-40-35)27-11-10-22(18-28(27)32)21-6-2-1-3-7-21/h1-20,33-34H,36H2/t33-,34?/m0/s1. The maximum atomic E-state index is 6.20. The fourth-order valence-corrected chi connectivity index (χ4v) is 7.05. The van der Waals surface area contributed by atoms with Crippen molar-refractivity contribution in [2.24, 2.45) is 5.73 Å². The van der Waals surface area contributed by atoms with Crippen molar-refractivity contribution >= 4 is 44.6 Å². The van der Waals surface area contributed by atoms with Crippen molar-refractivity contribution in [3.63, 3.8) is 0 Å². The lowest BCUT2D eigenvalue weighted by Gasteiger charge is -2.19. The summed E-state index contributed by atoms with van der Waals surface area (Å²) < 4.78 is 0. The Labute approximate surface area is 246 Å². The predicted molar refractivity (Wildman–Crippen MR) is 173 cm³/mol. The van der Waals surface area contributed by atoms with E-state index in [0.29, 0.717) is 0 Å². The van der Waals surface area contributed by atoms with Crippen LogP contribution in [0.5, 0.6) is 0 Å². The summed E-state index contributed by atoms with van der Waals surface area (Å²) >= 11 is 3.37. The molecule has 6 heteroatoms. The van der Waals surface area contributed by atoms with Gasteiger partial charge in [0, 0.05) is 24.0 Å². The van der Waals surface area contributed by atoms with Crippen LogP contribution in [0.25, 0.3) is 65.6 Å². The SMILES string of the molecule is NC1S[C@H]1c1cc(-c2c3ccccc3c(-c3ccnc(-c4nccs4)c3)c3ccc(-c4ccccc4)cc23)ccn1. The van der Waals surface area contributed by atoms with Crippen LogP contribution in [0.4, 0.5) is 0 Å². The highest BCUT2D eigenvalue weighted by Gasteiger charge is 2.37. The molecular formula is C35H24N4S2. The van der Waals surface area contributed by atoms with Gasteiger partial charge in [0.05, 0.1) is 22.0 Å². The molecule has 2 N–H and O–H groups in total. The van der Waals surface area contributed by atoms with E-state index in [-0.39, 0.29) is 10.6 Å². The highest BCUT2D eigenvalue weighted by Crippen LogP contribution is 2.52. The van der Waals surface area contributed by atoms with Gasteiger partial charge in [0.1, 0.15) is 5.01 Å². The monoisotopic (exact) mass is 564 g/mol. The van der Waals surface area contributed by atoms with Crippen LogP contribution in [-0.2, 0) is 0 Å². The number of hydrogen-bond donors (Lipinski definition) is 1. The average molecular weight is 565 g/mol. The molecule has 1 saturated heterocycles. The lowest BCUT2D eigenvalue weighted by molar-refractivity contribution is 0.946. The summed E-state index contributed by atoms with van der Waals surface area (Å²) in [6.45, 7) is 0. The molecule has 4 aromatic carbocycles. The van der Waals surface area contributed by atoms with E-state index in [0.717, 1.165) is 27.5 Å². The molecule has 4 nitrogen and oxygen atoms in total. The molecule has 0 radical (unpaired) electrons. The van der Waals surface area contributed by atoms with Crippen LogP contribution >= 0.6 is 23.1 Å². The number of hydrogen-bond acceptors (Lipinski definition) is 6. The Morgan fingerprint density at radius 2 is 1.24 bits per heavy atom. The van der Waals surface area contributed by atoms with Gasteiger partial charge in [-0.25, -0.2) is 4.98 Å². The van der Waals surface area contributed by atoms with E-state index in [2.05, 4.69) is 112 Å². The topological polar surface area (TPSA) is 64.7 Å². The minimum atomic E-state index is 0.122. The van der Waals surface area contributed by atoms with Crippen molar-refractivity contribution in [2.75, 3.05) is 0 Å². The Morgan fingerprint density at radius 1 is 0.561 bits per heavy atom. The summed E-state index contributed by atoms with van der Waals surface area (Å²) in [4.78, 5) is 13.9. The normalized spacial score (nSPS) is 16.3. The molecular weight excluding hydrogens is 541 g/mol. The number of aromatic nitrogens is 3. The lowest BCUT2D eigenvalue weighted by atomic mass is 9.85. The minimum absolute atomic E-state index is 0.122. The summed E-state index contributed by atoms with van der Waals surface area (Å²) in [5.41, 5.74) is 15.2. The average Bonchev–Trinajstić information content (AvgIpc) is 3.51. The van der Waals surface area contributed by atoms with Crippen LogP contribution < -0.4 is 5.73 Å². The molecule has 1 fully saturated rings. The molecule has 0 aliphatic carbocycles. The second-order valence-electron chi connectivity index (χ2n) is 10.2. The quantitative estimate of drug-likeness (QED) is 0.167. The second kappa shape index (κ2) is 9.93. The number of pyridine rings is 2. The number of nitrogens with zero attached hydrogens (tertiary/aromatic N) is 3. The first-order chi connectivity index (χ1) is 20.2. The Bertz CT molecular complexity index is 2060. The van der Waals surface area contributed by atoms with Gasteiger partial charge in [-0.3, -0.25) is 9.97 Å². The van der Waals surface area contributed by atoms with E-state index < -0.39 is 0 Å². The van der Waals surface area contributed by atoms with Gasteiger partial charge in [0.25, 0.3) is 0 Å². The van der Waals surface area contributed by atoms with Gasteiger partial charge in [-0.1, -0.05) is 66.7 Å². The predicted octanol–water partition coefficient (Wildman–Crippen LogP) is 8.98. The van der Waals surface area contributed by atoms with Crippen molar-refractivity contribution in [1.82, 2.24) is 15.0 Å². The Balaban J connectivity index is 1.45. The Hall–Kier alpha value is -4.36. The summed E-state index contributed by atoms with van der Waals surface area (Å²) in [6.07, 6.45) is 5.65. The van der Waals surface area contributed by atoms with Gasteiger partial charge >= 0.3 is 0 Å². The zero-order valence-electron chi connectivity index (χ0n) is 21.9. The molecule has 2 atom stereocenters. The summed E-state index contributed by atoms with van der Waals surface area (Å²) in [6, 6.07) is 34.8. The van der Waals surface area contributed by atoms with Crippen molar-refractivity contribution < 1.29 is 0 Å². The maximum Gasteiger partial charge on any atom is 0.141 e. The van der Waals surface area contributed by atoms with E-state index in [1.165, 1.54) is 43.8 Å². The molecule has 0 spiro atoms. The van der Waals surface area contributed by atoms with E-state index >= 15 is 0 Å². The number of benzene rings is 4. The molecule has 1 aliphatic rings. The zero-order chi connectivity index (χ0) is 27.3. The van der Waals surface area contributed by atoms with Crippen molar-refractivity contribution in [3.8, 4) is 44.1 Å². The van der Waals surface area contributed by atoms with Crippen molar-refractivity contribution in [3.05, 3.63) is 127 Å². The Kier molecular flexibility index (Phi) is 5.92. The number of thioether (sulfide) groups is 1. The molecule has 4 heterocycles. The molecule has 0 saturated carbocycles. The third-order valence-electron chi connectivity index (χ3n) is 7.72. The molecule has 1 aliphatic heterocycles. The first kappa shape index (κ1) is 24.4. The largest absolute Gasteiger partial charge is 0.318 e. The fraction of sp³-hybridized carbons (Fsp3) is 0.0571. The number of fused-ring (bicyclic) bond motifs is 2. The Morgan fingerprint density at radius 3 is 1.98 bits per heavy atom. The van der Waals surface area contributed by atoms with Crippen LogP contribution in [0.2, 0.25) is 0 Å². The van der Waals surface area contributed by atoms with Crippen molar-refractivity contribution in [2.45, 2.75) is 10.6 Å². The van der Waals surface area contributed by atoms with E-state index in [1.807, 2.05) is 24.0 Å². The zero-order valence-corrected chi connectivity index (χ0v) is 23.6. The summed E-state index contributed by atoms with van der Waals surface area (Å²) in [5.74, 6) is 0. The smallest absolute Gasteiger partial charge is 0.141 e. The van der Waals surface area contributed by atoms with Gasteiger partial charge in [0.2, 0.25) is 0 Å². The van der Waals surface area contributed by atoms with Gasteiger partial charge in [-0.15, -0.1) is 23.1 Å². The number of nitrogens with two attached hydrogens (primary N) is 1. The summed E-state index contributed by atoms with van der Waals surface area (Å²) in [7, 11) is 0. The van der Waals surface area contributed by atoms with Crippen LogP contribution in [0.15, 0.2) is 121 Å². The number of thiazole rings is 1. The molecule has 8 rings (SSSR count). The molecule has 196 valence electrons. The first-order valence-electron chi connectivity index (χ1n) is 13.5. The van der Waals surface area contributed by atoms with E-state index in [1.54, 1.807) is 23.1 Å². The van der Waals surface area contributed by atoms with Gasteiger partial charge in [0.15, 0.2) is 0 Å². The molecule has 7 aromatic rings. The van der Waals surface area contributed by atoms with Crippen LogP contribution in [0, 0.1) is 0 Å². The van der Waals surface area contributed by atoms with Gasteiger partial charge < -0.3 is 5.73 Å². The van der Waals surface area contributed by atoms with Crippen LogP contribution in [-0.4, -0.2) is 20.3 Å². The summed E-state index contributed by atoms with van der Waals surface area (Å²) in [5, 5.41) is 8.11. The first-order valence-corrected chi connectivity index (χ1v) is 15.3. The van der Waals surface area contributed by atoms with E-state index in [9.17, 15) is 0 Å². The molecule has 41 heavy (non-hydrogen) atoms. The van der Waals surface area contributed by atoms with Gasteiger partial charge in [-0.05, 0) is 85.3 Å². The highest BCUT2D eigenvalue weighted by molar-refractivity contribution is 8.07. The number of rotatable bonds is 5. The molecule has 0 bridgehead atoms. The van der Waals surface area contributed by atoms with Crippen LogP contribution in [0.3, 0.4) is 0 Å². The van der Waals surface area contributed by atoms with Crippen LogP contribution in [0.1, 0.15) is 10.9 Å². The molecule has 1 unspecified atom stereocenters. The third kappa shape index (κ3) is 4.32. The lowest BCUT2D eigenvalue weighted by Crippen LogP contribution is -2.02. The van der Waals surface area contributed by atoms with E-state index in [4.69, 9.17) is 5.73 Å². The second-order valence-corrected chi connectivity index (χ2v) is 12.4. The van der Waals surface area contributed by atoms with Crippen molar-refractivity contribution in [1.29, 1.82) is 0 Å². The minimum Gasteiger partial charge on any atom is -0.318 e. The van der Waals surface area contributed by atoms with Gasteiger partial charge in [-0.2, -0.15) is 0 Å². The fourth-order valence-electron chi connectivity index (χ4n) is 5.78. The molecule has 3 aromatic heterocycles. The highest BCUT2D eigenvalue weighted by atomic mass is 32.2.